The van der Waals surface area contributed by atoms with Crippen LogP contribution in [0.4, 0.5) is 0 Å². The molecule has 2 aromatic rings. The number of nitrogens with zero attached hydrogens (tertiary/aromatic N) is 2. The summed E-state index contributed by atoms with van der Waals surface area (Å²) >= 11 is 1.79. The largest absolute Gasteiger partial charge is 0.496 e. The molecule has 0 aliphatic rings. The molecular weight excluding hydrogens is 459 g/mol. The summed E-state index contributed by atoms with van der Waals surface area (Å²) < 4.78 is 5.45. The second kappa shape index (κ2) is 12.1. The number of thiazole rings is 1. The van der Waals surface area contributed by atoms with Gasteiger partial charge in [-0.25, -0.2) is 4.98 Å². The number of guanidine groups is 1. The zero-order valence-corrected chi connectivity index (χ0v) is 19.1. The van der Waals surface area contributed by atoms with Gasteiger partial charge in [0.15, 0.2) is 5.96 Å². The zero-order chi connectivity index (χ0) is 18.1. The first-order chi connectivity index (χ1) is 12.2. The summed E-state index contributed by atoms with van der Waals surface area (Å²) in [6, 6.07) is 8.14. The van der Waals surface area contributed by atoms with E-state index in [2.05, 4.69) is 40.5 Å². The highest BCUT2D eigenvalue weighted by Gasteiger charge is 2.11. The van der Waals surface area contributed by atoms with Crippen molar-refractivity contribution in [3.8, 4) is 5.75 Å². The molecule has 1 aromatic carbocycles. The minimum absolute atomic E-state index is 0. The summed E-state index contributed by atoms with van der Waals surface area (Å²) in [5.74, 6) is 2.06. The van der Waals surface area contributed by atoms with Crippen molar-refractivity contribution in [3.63, 3.8) is 0 Å². The molecule has 0 spiro atoms. The highest BCUT2D eigenvalue weighted by atomic mass is 127. The fourth-order valence-electron chi connectivity index (χ4n) is 2.57. The Kier molecular flexibility index (Phi) is 10.6. The second-order valence-electron chi connectivity index (χ2n) is 5.85. The van der Waals surface area contributed by atoms with Gasteiger partial charge in [-0.2, -0.15) is 0 Å². The molecule has 5 nitrogen and oxygen atoms in total. The molecule has 0 bridgehead atoms. The summed E-state index contributed by atoms with van der Waals surface area (Å²) in [4.78, 5) is 10.1. The van der Waals surface area contributed by atoms with Crippen molar-refractivity contribution in [2.24, 2.45) is 4.99 Å². The average Bonchev–Trinajstić information content (AvgIpc) is 3.12. The maximum absolute atomic E-state index is 5.45. The van der Waals surface area contributed by atoms with E-state index in [1.54, 1.807) is 25.5 Å². The van der Waals surface area contributed by atoms with Gasteiger partial charge in [0.2, 0.25) is 0 Å². The van der Waals surface area contributed by atoms with Crippen LogP contribution in [-0.2, 0) is 12.8 Å². The molecule has 0 aliphatic heterocycles. The van der Waals surface area contributed by atoms with Gasteiger partial charge in [0.05, 0.1) is 12.1 Å². The molecule has 1 unspecified atom stereocenters. The Hall–Kier alpha value is -1.35. The predicted octanol–water partition coefficient (Wildman–Crippen LogP) is 3.84. The van der Waals surface area contributed by atoms with Gasteiger partial charge in [-0.3, -0.25) is 4.99 Å². The number of ether oxygens (including phenoxy) is 1. The number of hydrogen-bond acceptors (Lipinski definition) is 4. The second-order valence-corrected chi connectivity index (χ2v) is 7.05. The van der Waals surface area contributed by atoms with E-state index in [9.17, 15) is 0 Å². The van der Waals surface area contributed by atoms with Crippen LogP contribution in [-0.4, -0.2) is 38.2 Å². The minimum Gasteiger partial charge on any atom is -0.496 e. The summed E-state index contributed by atoms with van der Waals surface area (Å²) in [5.41, 5.74) is 1.20. The summed E-state index contributed by atoms with van der Waals surface area (Å²) in [6.07, 6.45) is 3.94. The van der Waals surface area contributed by atoms with Crippen LogP contribution in [0, 0.1) is 0 Å². The van der Waals surface area contributed by atoms with Gasteiger partial charge in [-0.1, -0.05) is 32.0 Å². The van der Waals surface area contributed by atoms with Crippen LogP contribution in [0.1, 0.15) is 35.2 Å². The SMILES string of the molecule is CCc1cnc(CCNC(=NC)NCC(C)c2ccccc2OC)s1.I. The van der Waals surface area contributed by atoms with Crippen molar-refractivity contribution in [2.75, 3.05) is 27.2 Å². The first-order valence-electron chi connectivity index (χ1n) is 8.68. The molecular formula is C19H29IN4OS. The van der Waals surface area contributed by atoms with Crippen molar-refractivity contribution in [2.45, 2.75) is 32.6 Å². The molecule has 2 rings (SSSR count). The van der Waals surface area contributed by atoms with E-state index in [0.29, 0.717) is 5.92 Å². The molecule has 0 amide bonds. The molecule has 0 radical (unpaired) electrons. The molecule has 7 heteroatoms. The number of rotatable bonds is 8. The third-order valence-electron chi connectivity index (χ3n) is 4.05. The smallest absolute Gasteiger partial charge is 0.191 e. The lowest BCUT2D eigenvalue weighted by Gasteiger charge is -2.18. The zero-order valence-electron chi connectivity index (χ0n) is 15.9. The standard InChI is InChI=1S/C19H28N4OS.HI/c1-5-15-13-22-18(25-15)10-11-21-19(20-3)23-12-14(2)16-8-6-7-9-17(16)24-4;/h6-9,13-14H,5,10-12H2,1-4H3,(H2,20,21,23);1H. The van der Waals surface area contributed by atoms with Crippen LogP contribution >= 0.6 is 35.3 Å². The Morgan fingerprint density at radius 3 is 2.73 bits per heavy atom. The van der Waals surface area contributed by atoms with Gasteiger partial charge < -0.3 is 15.4 Å². The fourth-order valence-corrected chi connectivity index (χ4v) is 3.43. The molecule has 2 N–H and O–H groups in total. The summed E-state index contributed by atoms with van der Waals surface area (Å²) in [7, 11) is 3.50. The van der Waals surface area contributed by atoms with Crippen molar-refractivity contribution >= 4 is 41.3 Å². The lowest BCUT2D eigenvalue weighted by Crippen LogP contribution is -2.39. The van der Waals surface area contributed by atoms with Gasteiger partial charge in [-0.05, 0) is 18.1 Å². The van der Waals surface area contributed by atoms with E-state index in [0.717, 1.165) is 37.6 Å². The Morgan fingerprint density at radius 1 is 1.31 bits per heavy atom. The van der Waals surface area contributed by atoms with Gasteiger partial charge in [0.1, 0.15) is 5.75 Å². The van der Waals surface area contributed by atoms with E-state index in [1.807, 2.05) is 24.4 Å². The molecule has 144 valence electrons. The topological polar surface area (TPSA) is 58.5 Å². The molecule has 1 atom stereocenters. The van der Waals surface area contributed by atoms with Crippen LogP contribution in [0.25, 0.3) is 0 Å². The number of hydrogen-bond donors (Lipinski definition) is 2. The van der Waals surface area contributed by atoms with Gasteiger partial charge in [0, 0.05) is 43.5 Å². The van der Waals surface area contributed by atoms with E-state index in [4.69, 9.17) is 4.74 Å². The Balaban J connectivity index is 0.00000338. The number of methoxy groups -OCH3 is 1. The maximum atomic E-state index is 5.45. The minimum atomic E-state index is 0. The Labute approximate surface area is 177 Å². The van der Waals surface area contributed by atoms with E-state index in [1.165, 1.54) is 15.4 Å². The van der Waals surface area contributed by atoms with E-state index >= 15 is 0 Å². The van der Waals surface area contributed by atoms with Crippen LogP contribution in [0.3, 0.4) is 0 Å². The normalized spacial score (nSPS) is 12.2. The maximum Gasteiger partial charge on any atom is 0.191 e. The first kappa shape index (κ1) is 22.7. The molecule has 0 aliphatic carbocycles. The van der Waals surface area contributed by atoms with Gasteiger partial charge in [-0.15, -0.1) is 35.3 Å². The number of benzene rings is 1. The highest BCUT2D eigenvalue weighted by molar-refractivity contribution is 14.0. The Bertz CT molecular complexity index is 690. The lowest BCUT2D eigenvalue weighted by atomic mass is 10.0. The number of aromatic nitrogens is 1. The van der Waals surface area contributed by atoms with Crippen molar-refractivity contribution in [1.29, 1.82) is 0 Å². The van der Waals surface area contributed by atoms with Crippen LogP contribution in [0.5, 0.6) is 5.75 Å². The van der Waals surface area contributed by atoms with Crippen molar-refractivity contribution in [1.82, 2.24) is 15.6 Å². The molecule has 0 saturated heterocycles. The third-order valence-corrected chi connectivity index (χ3v) is 5.25. The quantitative estimate of drug-likeness (QED) is 0.337. The molecule has 26 heavy (non-hydrogen) atoms. The Morgan fingerprint density at radius 2 is 2.08 bits per heavy atom. The molecule has 0 fully saturated rings. The van der Waals surface area contributed by atoms with Crippen LogP contribution < -0.4 is 15.4 Å². The highest BCUT2D eigenvalue weighted by Crippen LogP contribution is 2.25. The predicted molar refractivity (Wildman–Crippen MR) is 121 cm³/mol. The van der Waals surface area contributed by atoms with Crippen molar-refractivity contribution in [3.05, 3.63) is 45.9 Å². The number of aryl methyl sites for hydroxylation is 1. The van der Waals surface area contributed by atoms with Gasteiger partial charge >= 0.3 is 0 Å². The number of aliphatic imine (C=N–C) groups is 1. The van der Waals surface area contributed by atoms with Crippen LogP contribution in [0.15, 0.2) is 35.5 Å². The molecule has 0 saturated carbocycles. The number of nitrogens with one attached hydrogen (secondary N) is 2. The third kappa shape index (κ3) is 6.75. The first-order valence-corrected chi connectivity index (χ1v) is 9.50. The van der Waals surface area contributed by atoms with Crippen LogP contribution in [0.2, 0.25) is 0 Å². The molecule has 1 aromatic heterocycles. The number of para-hydroxylation sites is 1. The summed E-state index contributed by atoms with van der Waals surface area (Å²) in [6.45, 7) is 5.95. The van der Waals surface area contributed by atoms with Crippen molar-refractivity contribution < 1.29 is 4.74 Å². The molecule has 1 heterocycles. The monoisotopic (exact) mass is 488 g/mol. The van der Waals surface area contributed by atoms with E-state index < -0.39 is 0 Å². The van der Waals surface area contributed by atoms with E-state index in [-0.39, 0.29) is 24.0 Å². The average molecular weight is 488 g/mol. The summed E-state index contributed by atoms with van der Waals surface area (Å²) in [5, 5.41) is 7.91. The fraction of sp³-hybridized carbons (Fsp3) is 0.474. The lowest BCUT2D eigenvalue weighted by molar-refractivity contribution is 0.406. The number of halogens is 1. The van der Waals surface area contributed by atoms with Gasteiger partial charge in [0.25, 0.3) is 0 Å².